The molecule has 3 atom stereocenters. The number of rotatable bonds is 6. The highest BCUT2D eigenvalue weighted by Crippen LogP contribution is 2.66. The molecule has 1 aromatic carbocycles. The molecule has 0 spiro atoms. The van der Waals surface area contributed by atoms with E-state index in [-0.39, 0.29) is 33.8 Å². The fraction of sp³-hybridized carbons (Fsp3) is 0.409. The molecule has 4 rings (SSSR count). The van der Waals surface area contributed by atoms with Crippen LogP contribution < -0.4 is 15.8 Å². The van der Waals surface area contributed by atoms with Gasteiger partial charge < -0.3 is 15.8 Å². The molecule has 3 N–H and O–H groups in total. The summed E-state index contributed by atoms with van der Waals surface area (Å²) in [6.45, 7) is 1.10. The lowest BCUT2D eigenvalue weighted by molar-refractivity contribution is -0.153. The number of anilines is 1. The number of hydrogen-bond acceptors (Lipinski definition) is 6. The number of pyridine rings is 1. The predicted molar refractivity (Wildman–Crippen MR) is 118 cm³/mol. The van der Waals surface area contributed by atoms with E-state index in [1.807, 2.05) is 0 Å². The topological polar surface area (TPSA) is 89.6 Å². The lowest BCUT2D eigenvalue weighted by Crippen LogP contribution is -2.36. The van der Waals surface area contributed by atoms with Crippen molar-refractivity contribution in [2.45, 2.75) is 36.7 Å². The van der Waals surface area contributed by atoms with Gasteiger partial charge in [0.15, 0.2) is 11.8 Å². The van der Waals surface area contributed by atoms with E-state index in [0.717, 1.165) is 18.0 Å². The molecule has 1 aliphatic heterocycles. The Morgan fingerprint density at radius 2 is 2.09 bits per heavy atom. The Labute approximate surface area is 196 Å². The summed E-state index contributed by atoms with van der Waals surface area (Å²) >= 11 is 1.16. The number of aromatic nitrogens is 1. The van der Waals surface area contributed by atoms with Gasteiger partial charge in [-0.1, -0.05) is 11.8 Å². The Kier molecular flexibility index (Phi) is 5.99. The molecular formula is C22H21F5N4O2S. The van der Waals surface area contributed by atoms with Gasteiger partial charge >= 0.3 is 6.18 Å². The number of halogens is 5. The fourth-order valence-electron chi connectivity index (χ4n) is 4.28. The molecule has 2 aliphatic rings. The summed E-state index contributed by atoms with van der Waals surface area (Å²) in [5.41, 5.74) is 5.50. The number of nitrogens with one attached hydrogen (secondary N) is 1. The minimum atomic E-state index is -4.50. The van der Waals surface area contributed by atoms with Gasteiger partial charge in [-0.2, -0.15) is 13.2 Å². The lowest BCUT2D eigenvalue weighted by Gasteiger charge is -2.33. The van der Waals surface area contributed by atoms with Crippen molar-refractivity contribution in [1.82, 2.24) is 4.98 Å². The normalized spacial score (nSPS) is 25.9. The van der Waals surface area contributed by atoms with Crippen LogP contribution in [0.5, 0.6) is 5.75 Å². The summed E-state index contributed by atoms with van der Waals surface area (Å²) in [7, 11) is 0. The summed E-state index contributed by atoms with van der Waals surface area (Å²) in [5.74, 6) is -1.59. The minimum absolute atomic E-state index is 0.0357. The molecule has 34 heavy (non-hydrogen) atoms. The number of nitrogens with zero attached hydrogens (tertiary/aromatic N) is 2. The number of alkyl halides is 4. The van der Waals surface area contributed by atoms with Gasteiger partial charge in [0.1, 0.15) is 23.9 Å². The SMILES string of the molecule is Cc1cc(OCC(F)(F)F)cnc1C(=O)Nc1ccc(F)c([C@@]2(C)N=C(N)S[C@@]3(CF)CC32)c1. The Morgan fingerprint density at radius 1 is 1.35 bits per heavy atom. The van der Waals surface area contributed by atoms with Gasteiger partial charge in [-0.15, -0.1) is 0 Å². The Hall–Kier alpha value is -2.89. The molecule has 6 nitrogen and oxygen atoms in total. The highest BCUT2D eigenvalue weighted by Gasteiger charge is 2.66. The van der Waals surface area contributed by atoms with Crippen LogP contribution in [0.4, 0.5) is 27.6 Å². The third-order valence-electron chi connectivity index (χ3n) is 6.02. The molecule has 182 valence electrons. The first kappa shape index (κ1) is 24.2. The number of ether oxygens (including phenoxy) is 1. The van der Waals surface area contributed by atoms with E-state index in [4.69, 9.17) is 5.73 Å². The molecule has 1 aromatic heterocycles. The molecule has 1 aliphatic carbocycles. The zero-order valence-electron chi connectivity index (χ0n) is 18.2. The Bertz CT molecular complexity index is 1170. The van der Waals surface area contributed by atoms with Gasteiger partial charge in [0, 0.05) is 17.2 Å². The summed E-state index contributed by atoms with van der Waals surface area (Å²) < 4.78 is 69.5. The first-order valence-corrected chi connectivity index (χ1v) is 11.1. The molecule has 12 heteroatoms. The number of nitrogens with two attached hydrogens (primary N) is 1. The second kappa shape index (κ2) is 8.40. The standard InChI is InChI=1S/C22H21F5N4O2S/c1-11-5-13(33-10-22(25,26)27)8-29-17(11)18(32)30-12-3-4-15(24)14(6-12)20(2)16-7-21(16,9-23)34-19(28)31-20/h3-6,8,16H,7,9-10H2,1-2H3,(H2,28,31)(H,30,32)/t16?,20-,21-/m1/s1. The average Bonchev–Trinajstić information content (AvgIpc) is 3.49. The maximum Gasteiger partial charge on any atom is 0.422 e. The highest BCUT2D eigenvalue weighted by atomic mass is 32.2. The maximum atomic E-state index is 14.8. The third-order valence-corrected chi connectivity index (χ3v) is 7.29. The number of aliphatic imine (C=N–C) groups is 1. The van der Waals surface area contributed by atoms with Crippen LogP contribution in [0.15, 0.2) is 35.5 Å². The average molecular weight is 500 g/mol. The van der Waals surface area contributed by atoms with Gasteiger partial charge in [-0.3, -0.25) is 9.79 Å². The fourth-order valence-corrected chi connectivity index (χ4v) is 5.61. The zero-order valence-corrected chi connectivity index (χ0v) is 19.0. The largest absolute Gasteiger partial charge is 0.482 e. The lowest BCUT2D eigenvalue weighted by atomic mass is 9.85. The van der Waals surface area contributed by atoms with Crippen molar-refractivity contribution in [2.75, 3.05) is 18.6 Å². The summed E-state index contributed by atoms with van der Waals surface area (Å²) in [6, 6.07) is 5.23. The van der Waals surface area contributed by atoms with Crippen LogP contribution in [0.1, 0.15) is 35.0 Å². The second-order valence-corrected chi connectivity index (χ2v) is 9.98. The van der Waals surface area contributed by atoms with Crippen LogP contribution in [-0.2, 0) is 5.54 Å². The maximum absolute atomic E-state index is 14.8. The van der Waals surface area contributed by atoms with Crippen molar-refractivity contribution in [3.05, 3.63) is 53.1 Å². The number of carbonyl (C=O) groups excluding carboxylic acids is 1. The first-order valence-electron chi connectivity index (χ1n) is 10.2. The van der Waals surface area contributed by atoms with Crippen molar-refractivity contribution in [3.8, 4) is 5.75 Å². The molecule has 0 saturated heterocycles. The van der Waals surface area contributed by atoms with E-state index in [9.17, 15) is 26.7 Å². The molecule has 1 amide bonds. The van der Waals surface area contributed by atoms with E-state index in [1.165, 1.54) is 31.2 Å². The minimum Gasteiger partial charge on any atom is -0.482 e. The van der Waals surface area contributed by atoms with E-state index in [1.54, 1.807) is 6.92 Å². The Morgan fingerprint density at radius 3 is 2.74 bits per heavy atom. The van der Waals surface area contributed by atoms with Crippen LogP contribution in [0.25, 0.3) is 0 Å². The number of fused-ring (bicyclic) bond motifs is 1. The number of carbonyl (C=O) groups is 1. The molecule has 0 radical (unpaired) electrons. The second-order valence-electron chi connectivity index (χ2n) is 8.54. The van der Waals surface area contributed by atoms with Crippen LogP contribution in [0.3, 0.4) is 0 Å². The molecule has 0 bridgehead atoms. The Balaban J connectivity index is 1.55. The van der Waals surface area contributed by atoms with E-state index in [0.29, 0.717) is 12.0 Å². The highest BCUT2D eigenvalue weighted by molar-refractivity contribution is 8.15. The van der Waals surface area contributed by atoms with Crippen LogP contribution >= 0.6 is 11.8 Å². The number of thioether (sulfide) groups is 1. The number of amidine groups is 1. The van der Waals surface area contributed by atoms with Crippen LogP contribution in [0.2, 0.25) is 0 Å². The summed E-state index contributed by atoms with van der Waals surface area (Å²) in [4.78, 5) is 21.1. The first-order chi connectivity index (χ1) is 15.9. The van der Waals surface area contributed by atoms with Crippen LogP contribution in [0, 0.1) is 18.7 Å². The van der Waals surface area contributed by atoms with Crippen molar-refractivity contribution < 1.29 is 31.5 Å². The summed E-state index contributed by atoms with van der Waals surface area (Å²) in [5, 5.41) is 2.79. The molecule has 1 saturated carbocycles. The smallest absolute Gasteiger partial charge is 0.422 e. The van der Waals surface area contributed by atoms with Gasteiger partial charge in [-0.25, -0.2) is 13.8 Å². The number of aryl methyl sites for hydroxylation is 1. The van der Waals surface area contributed by atoms with Gasteiger partial charge in [0.05, 0.1) is 16.5 Å². The van der Waals surface area contributed by atoms with Gasteiger partial charge in [-0.05, 0) is 50.1 Å². The van der Waals surface area contributed by atoms with E-state index < -0.39 is 41.5 Å². The van der Waals surface area contributed by atoms with Crippen LogP contribution in [-0.4, -0.2) is 40.3 Å². The number of benzene rings is 1. The number of amides is 1. The van der Waals surface area contributed by atoms with Crippen molar-refractivity contribution in [3.63, 3.8) is 0 Å². The summed E-state index contributed by atoms with van der Waals surface area (Å²) in [6.07, 6.45) is -2.99. The van der Waals surface area contributed by atoms with E-state index in [2.05, 4.69) is 20.0 Å². The van der Waals surface area contributed by atoms with Gasteiger partial charge in [0.25, 0.3) is 5.91 Å². The molecule has 1 unspecified atom stereocenters. The molecule has 2 heterocycles. The third kappa shape index (κ3) is 4.55. The molecular weight excluding hydrogens is 479 g/mol. The molecule has 2 aromatic rings. The monoisotopic (exact) mass is 500 g/mol. The van der Waals surface area contributed by atoms with E-state index >= 15 is 0 Å². The number of hydrogen-bond donors (Lipinski definition) is 2. The quantitative estimate of drug-likeness (QED) is 0.560. The van der Waals surface area contributed by atoms with Gasteiger partial charge in [0.2, 0.25) is 0 Å². The predicted octanol–water partition coefficient (Wildman–Crippen LogP) is 4.73. The zero-order chi connectivity index (χ0) is 24.9. The van der Waals surface area contributed by atoms with Crippen molar-refractivity contribution in [2.24, 2.45) is 16.6 Å². The van der Waals surface area contributed by atoms with Crippen molar-refractivity contribution >= 4 is 28.5 Å². The van der Waals surface area contributed by atoms with Crippen molar-refractivity contribution in [1.29, 1.82) is 0 Å². The molecule has 1 fully saturated rings.